The molecular formula is C14H26N4O2. The van der Waals surface area contributed by atoms with E-state index in [4.69, 9.17) is 5.11 Å². The van der Waals surface area contributed by atoms with Gasteiger partial charge >= 0.3 is 6.03 Å². The third kappa shape index (κ3) is 5.21. The Morgan fingerprint density at radius 3 is 2.80 bits per heavy atom. The molecule has 0 aliphatic rings. The molecule has 1 rings (SSSR count). The summed E-state index contributed by atoms with van der Waals surface area (Å²) in [5, 5.41) is 18.9. The van der Waals surface area contributed by atoms with Gasteiger partial charge in [0.1, 0.15) is 0 Å². The van der Waals surface area contributed by atoms with Crippen LogP contribution in [0.25, 0.3) is 0 Å². The smallest absolute Gasteiger partial charge is 0.315 e. The second-order valence-electron chi connectivity index (χ2n) is 4.98. The normalized spacial score (nSPS) is 12.2. The lowest BCUT2D eigenvalue weighted by Gasteiger charge is -2.14. The highest BCUT2D eigenvalue weighted by atomic mass is 16.3. The van der Waals surface area contributed by atoms with E-state index in [-0.39, 0.29) is 12.6 Å². The second-order valence-corrected chi connectivity index (χ2v) is 4.98. The monoisotopic (exact) mass is 282 g/mol. The van der Waals surface area contributed by atoms with Crippen LogP contribution in [0.1, 0.15) is 37.9 Å². The first kappa shape index (κ1) is 16.5. The van der Waals surface area contributed by atoms with Crippen LogP contribution >= 0.6 is 0 Å². The Labute approximate surface area is 120 Å². The quantitative estimate of drug-likeness (QED) is 0.670. The maximum atomic E-state index is 11.7. The molecule has 1 atom stereocenters. The van der Waals surface area contributed by atoms with E-state index in [9.17, 15) is 4.79 Å². The first-order chi connectivity index (χ1) is 9.60. The molecule has 0 aliphatic heterocycles. The second kappa shape index (κ2) is 8.58. The number of aliphatic hydroxyl groups is 1. The standard InChI is InChI=1S/C14H26N4O2/c1-4-11(6-7-19)8-15-14(20)16-9-12-10-18(3)17-13(12)5-2/h10-11,19H,4-9H2,1-3H3,(H2,15,16,20). The molecule has 0 aromatic carbocycles. The van der Waals surface area contributed by atoms with Crippen molar-refractivity contribution in [1.82, 2.24) is 20.4 Å². The summed E-state index contributed by atoms with van der Waals surface area (Å²) in [6.45, 7) is 5.35. The van der Waals surface area contributed by atoms with Gasteiger partial charge in [0.25, 0.3) is 0 Å². The Morgan fingerprint density at radius 1 is 1.45 bits per heavy atom. The number of nitrogens with one attached hydrogen (secondary N) is 2. The van der Waals surface area contributed by atoms with Crippen LogP contribution in [0, 0.1) is 5.92 Å². The van der Waals surface area contributed by atoms with Gasteiger partial charge in [-0.05, 0) is 18.8 Å². The van der Waals surface area contributed by atoms with Gasteiger partial charge in [-0.2, -0.15) is 5.10 Å². The Hall–Kier alpha value is -1.56. The van der Waals surface area contributed by atoms with Crippen LogP contribution in [0.3, 0.4) is 0 Å². The largest absolute Gasteiger partial charge is 0.396 e. The van der Waals surface area contributed by atoms with E-state index < -0.39 is 0 Å². The molecular weight excluding hydrogens is 256 g/mol. The van der Waals surface area contributed by atoms with Crippen molar-refractivity contribution < 1.29 is 9.90 Å². The summed E-state index contributed by atoms with van der Waals surface area (Å²) in [4.78, 5) is 11.7. The van der Waals surface area contributed by atoms with Gasteiger partial charge in [-0.3, -0.25) is 4.68 Å². The van der Waals surface area contributed by atoms with Gasteiger partial charge in [0.05, 0.1) is 5.69 Å². The average Bonchev–Trinajstić information content (AvgIpc) is 2.81. The number of carbonyl (C=O) groups is 1. The van der Waals surface area contributed by atoms with Crippen molar-refractivity contribution in [3.8, 4) is 0 Å². The molecule has 0 radical (unpaired) electrons. The number of rotatable bonds is 8. The van der Waals surface area contributed by atoms with Gasteiger partial charge in [0.2, 0.25) is 0 Å². The van der Waals surface area contributed by atoms with E-state index in [1.54, 1.807) is 4.68 Å². The van der Waals surface area contributed by atoms with Gasteiger partial charge in [-0.15, -0.1) is 0 Å². The predicted octanol–water partition coefficient (Wildman–Crippen LogP) is 1.19. The maximum absolute atomic E-state index is 11.7. The molecule has 1 heterocycles. The maximum Gasteiger partial charge on any atom is 0.315 e. The minimum Gasteiger partial charge on any atom is -0.396 e. The van der Waals surface area contributed by atoms with Crippen molar-refractivity contribution in [3.63, 3.8) is 0 Å². The number of aliphatic hydroxyl groups excluding tert-OH is 1. The highest BCUT2D eigenvalue weighted by molar-refractivity contribution is 5.73. The lowest BCUT2D eigenvalue weighted by atomic mass is 10.0. The zero-order chi connectivity index (χ0) is 15.0. The zero-order valence-electron chi connectivity index (χ0n) is 12.6. The molecule has 20 heavy (non-hydrogen) atoms. The van der Waals surface area contributed by atoms with Crippen LogP contribution in [-0.4, -0.2) is 34.1 Å². The van der Waals surface area contributed by atoms with Crippen molar-refractivity contribution in [2.45, 2.75) is 39.7 Å². The van der Waals surface area contributed by atoms with E-state index in [1.807, 2.05) is 20.2 Å². The highest BCUT2D eigenvalue weighted by Gasteiger charge is 2.10. The highest BCUT2D eigenvalue weighted by Crippen LogP contribution is 2.07. The number of aryl methyl sites for hydroxylation is 2. The lowest BCUT2D eigenvalue weighted by Crippen LogP contribution is -2.38. The summed E-state index contributed by atoms with van der Waals surface area (Å²) < 4.78 is 1.77. The Balaban J connectivity index is 2.35. The number of hydrogen-bond donors (Lipinski definition) is 3. The molecule has 1 aromatic heterocycles. The van der Waals surface area contributed by atoms with Gasteiger partial charge in [-0.25, -0.2) is 4.79 Å². The molecule has 6 heteroatoms. The summed E-state index contributed by atoms with van der Waals surface area (Å²) in [7, 11) is 1.88. The van der Waals surface area contributed by atoms with Crippen molar-refractivity contribution >= 4 is 6.03 Å². The fourth-order valence-electron chi connectivity index (χ4n) is 2.14. The molecule has 3 N–H and O–H groups in total. The number of hydrogen-bond acceptors (Lipinski definition) is 3. The SMILES string of the molecule is CCc1nn(C)cc1CNC(=O)NCC(CC)CCO. The summed E-state index contributed by atoms with van der Waals surface area (Å²) in [6.07, 6.45) is 4.45. The fraction of sp³-hybridized carbons (Fsp3) is 0.714. The molecule has 1 unspecified atom stereocenters. The van der Waals surface area contributed by atoms with E-state index in [2.05, 4.69) is 22.7 Å². The van der Waals surface area contributed by atoms with Gasteiger partial charge in [-0.1, -0.05) is 20.3 Å². The number of nitrogens with zero attached hydrogens (tertiary/aromatic N) is 2. The fourth-order valence-corrected chi connectivity index (χ4v) is 2.14. The first-order valence-electron chi connectivity index (χ1n) is 7.24. The Bertz CT molecular complexity index is 417. The number of urea groups is 1. The van der Waals surface area contributed by atoms with Crippen molar-refractivity contribution in [1.29, 1.82) is 0 Å². The lowest BCUT2D eigenvalue weighted by molar-refractivity contribution is 0.230. The first-order valence-corrected chi connectivity index (χ1v) is 7.24. The molecule has 6 nitrogen and oxygen atoms in total. The third-order valence-electron chi connectivity index (χ3n) is 3.43. The van der Waals surface area contributed by atoms with Crippen molar-refractivity contribution in [3.05, 3.63) is 17.5 Å². The van der Waals surface area contributed by atoms with Gasteiger partial charge in [0, 0.05) is 38.5 Å². The van der Waals surface area contributed by atoms with E-state index >= 15 is 0 Å². The Morgan fingerprint density at radius 2 is 2.20 bits per heavy atom. The summed E-state index contributed by atoms with van der Waals surface area (Å²) >= 11 is 0. The van der Waals surface area contributed by atoms with Crippen molar-refractivity contribution in [2.24, 2.45) is 13.0 Å². The topological polar surface area (TPSA) is 79.2 Å². The summed E-state index contributed by atoms with van der Waals surface area (Å²) in [6, 6.07) is -0.174. The molecule has 1 aromatic rings. The van der Waals surface area contributed by atoms with E-state index in [0.29, 0.717) is 19.0 Å². The summed E-state index contributed by atoms with van der Waals surface area (Å²) in [5.41, 5.74) is 2.06. The molecule has 114 valence electrons. The average molecular weight is 282 g/mol. The van der Waals surface area contributed by atoms with Crippen LogP contribution in [0.2, 0.25) is 0 Å². The summed E-state index contributed by atoms with van der Waals surface area (Å²) in [5.74, 6) is 0.329. The van der Waals surface area contributed by atoms with Crippen LogP contribution in [0.5, 0.6) is 0 Å². The molecule has 0 spiro atoms. The molecule has 0 saturated heterocycles. The predicted molar refractivity (Wildman–Crippen MR) is 78.3 cm³/mol. The van der Waals surface area contributed by atoms with Crippen LogP contribution in [0.15, 0.2) is 6.20 Å². The minimum absolute atomic E-state index is 0.164. The molecule has 0 fully saturated rings. The van der Waals surface area contributed by atoms with Crippen molar-refractivity contribution in [2.75, 3.05) is 13.2 Å². The molecule has 0 bridgehead atoms. The number of amides is 2. The Kier molecular flexibility index (Phi) is 7.08. The van der Waals surface area contributed by atoms with E-state index in [1.165, 1.54) is 0 Å². The molecule has 2 amide bonds. The van der Waals surface area contributed by atoms with Crippen LogP contribution in [0.4, 0.5) is 4.79 Å². The van der Waals surface area contributed by atoms with Gasteiger partial charge < -0.3 is 15.7 Å². The molecule has 0 saturated carbocycles. The number of carbonyl (C=O) groups excluding carboxylic acids is 1. The zero-order valence-corrected chi connectivity index (χ0v) is 12.6. The van der Waals surface area contributed by atoms with Gasteiger partial charge in [0.15, 0.2) is 0 Å². The van der Waals surface area contributed by atoms with E-state index in [0.717, 1.165) is 30.5 Å². The van der Waals surface area contributed by atoms with Crippen LogP contribution < -0.4 is 10.6 Å². The minimum atomic E-state index is -0.174. The number of aromatic nitrogens is 2. The molecule has 0 aliphatic carbocycles. The van der Waals surface area contributed by atoms with Crippen LogP contribution in [-0.2, 0) is 20.0 Å². The third-order valence-corrected chi connectivity index (χ3v) is 3.43.